The number of nitrogens with zero attached hydrogens (tertiary/aromatic N) is 2. The fraction of sp³-hybridized carbons (Fsp3) is 0.583. The molecule has 8 nitrogen and oxygen atoms in total. The minimum Gasteiger partial charge on any atom is -0.491 e. The van der Waals surface area contributed by atoms with Crippen LogP contribution < -0.4 is 14.8 Å². The fourth-order valence-corrected chi connectivity index (χ4v) is 4.37. The number of amides is 1. The van der Waals surface area contributed by atoms with Crippen LogP contribution in [0.15, 0.2) is 24.3 Å². The molecule has 190 valence electrons. The predicted octanol–water partition coefficient (Wildman–Crippen LogP) is 3.42. The number of ether oxygens (including phenoxy) is 4. The van der Waals surface area contributed by atoms with Gasteiger partial charge in [-0.1, -0.05) is 6.07 Å². The van der Waals surface area contributed by atoms with Crippen molar-refractivity contribution < 1.29 is 36.9 Å². The van der Waals surface area contributed by atoms with Gasteiger partial charge in [0.05, 0.1) is 31.9 Å². The quantitative estimate of drug-likeness (QED) is 0.574. The summed E-state index contributed by atoms with van der Waals surface area (Å²) in [6, 6.07) is 6.47. The number of carbonyl (C=O) groups is 1. The van der Waals surface area contributed by atoms with Crippen molar-refractivity contribution >= 4 is 5.91 Å². The molecule has 0 saturated heterocycles. The van der Waals surface area contributed by atoms with E-state index in [-0.39, 0.29) is 37.0 Å². The lowest BCUT2D eigenvalue weighted by molar-refractivity contribution is -0.176. The number of nitrogens with one attached hydrogen (secondary N) is 1. The Morgan fingerprint density at radius 2 is 2.11 bits per heavy atom. The van der Waals surface area contributed by atoms with Crippen LogP contribution in [0.25, 0.3) is 0 Å². The second-order valence-corrected chi connectivity index (χ2v) is 9.24. The molecule has 1 saturated carbocycles. The molecular formula is C24H28F3N3O5. The zero-order valence-corrected chi connectivity index (χ0v) is 19.2. The molecule has 2 aromatic rings. The Kier molecular flexibility index (Phi) is 6.88. The van der Waals surface area contributed by atoms with Gasteiger partial charge in [0.15, 0.2) is 5.69 Å². The molecule has 1 unspecified atom stereocenters. The third-order valence-electron chi connectivity index (χ3n) is 6.39. The molecule has 1 aromatic heterocycles. The third-order valence-corrected chi connectivity index (χ3v) is 6.39. The third kappa shape index (κ3) is 6.07. The molecule has 11 heteroatoms. The number of halogens is 3. The number of alkyl halides is 3. The lowest BCUT2D eigenvalue weighted by atomic mass is 9.96. The fourth-order valence-electron chi connectivity index (χ4n) is 4.37. The molecule has 1 N–H and O–H groups in total. The summed E-state index contributed by atoms with van der Waals surface area (Å²) in [5.74, 6) is 0.886. The molecule has 1 aromatic carbocycles. The summed E-state index contributed by atoms with van der Waals surface area (Å²) < 4.78 is 60.8. The number of aromatic nitrogens is 2. The summed E-state index contributed by atoms with van der Waals surface area (Å²) in [7, 11) is 0. The molecule has 1 aliphatic carbocycles. The molecule has 1 fully saturated rings. The monoisotopic (exact) mass is 495 g/mol. The van der Waals surface area contributed by atoms with Crippen molar-refractivity contribution in [1.82, 2.24) is 15.1 Å². The largest absolute Gasteiger partial charge is 0.491 e. The van der Waals surface area contributed by atoms with Gasteiger partial charge >= 0.3 is 6.18 Å². The SMILES string of the molecule is O=C(N[C@H]1COc2ccc(COCC(F)(F)F)cc2C1)c1cc2n(n1)CC(CCOC1CCC1)O2. The first-order valence-electron chi connectivity index (χ1n) is 11.9. The van der Waals surface area contributed by atoms with E-state index in [2.05, 4.69) is 10.4 Å². The van der Waals surface area contributed by atoms with Crippen LogP contribution in [0.2, 0.25) is 0 Å². The zero-order chi connectivity index (χ0) is 24.4. The molecule has 2 atom stereocenters. The number of fused-ring (bicyclic) bond motifs is 2. The van der Waals surface area contributed by atoms with Crippen LogP contribution in [0, 0.1) is 0 Å². The standard InChI is InChI=1S/C24H28F3N3O5/c25-24(26,27)14-32-12-15-4-5-21-16(8-15)9-17(13-34-21)28-23(31)20-10-22-30(29-20)11-19(35-22)6-7-33-18-2-1-3-18/h4-5,8,10,17-19H,1-3,6-7,9,11-14H2,(H,28,31)/t17-,19?/m1/s1. The van der Waals surface area contributed by atoms with Crippen LogP contribution >= 0.6 is 0 Å². The summed E-state index contributed by atoms with van der Waals surface area (Å²) in [4.78, 5) is 12.8. The average Bonchev–Trinajstić information content (AvgIpc) is 3.33. The van der Waals surface area contributed by atoms with E-state index in [1.807, 2.05) is 0 Å². The van der Waals surface area contributed by atoms with Gasteiger partial charge < -0.3 is 24.3 Å². The van der Waals surface area contributed by atoms with E-state index in [9.17, 15) is 18.0 Å². The van der Waals surface area contributed by atoms with Crippen molar-refractivity contribution in [1.29, 1.82) is 0 Å². The Morgan fingerprint density at radius 3 is 2.86 bits per heavy atom. The minimum atomic E-state index is -4.37. The van der Waals surface area contributed by atoms with Gasteiger partial charge in [-0.15, -0.1) is 0 Å². The van der Waals surface area contributed by atoms with Gasteiger partial charge in [-0.25, -0.2) is 4.68 Å². The first kappa shape index (κ1) is 23.9. The highest BCUT2D eigenvalue weighted by Crippen LogP contribution is 2.28. The molecule has 1 amide bonds. The van der Waals surface area contributed by atoms with Gasteiger partial charge in [0, 0.05) is 12.5 Å². The van der Waals surface area contributed by atoms with Crippen LogP contribution in [-0.2, 0) is 29.0 Å². The minimum absolute atomic E-state index is 0.00718. The van der Waals surface area contributed by atoms with Crippen LogP contribution in [0.1, 0.15) is 47.3 Å². The Morgan fingerprint density at radius 1 is 1.26 bits per heavy atom. The van der Waals surface area contributed by atoms with Gasteiger partial charge in [0.1, 0.15) is 25.1 Å². The molecule has 0 bridgehead atoms. The van der Waals surface area contributed by atoms with E-state index in [1.54, 1.807) is 28.9 Å². The molecule has 3 heterocycles. The molecule has 0 radical (unpaired) electrons. The Labute approximate surface area is 200 Å². The summed E-state index contributed by atoms with van der Waals surface area (Å²) >= 11 is 0. The summed E-state index contributed by atoms with van der Waals surface area (Å²) in [5, 5.41) is 7.30. The Bertz CT molecular complexity index is 1030. The first-order chi connectivity index (χ1) is 16.8. The summed E-state index contributed by atoms with van der Waals surface area (Å²) in [5.41, 5.74) is 1.68. The van der Waals surface area contributed by atoms with Crippen molar-refractivity contribution in [2.75, 3.05) is 19.8 Å². The van der Waals surface area contributed by atoms with Gasteiger partial charge in [-0.3, -0.25) is 4.79 Å². The highest BCUT2D eigenvalue weighted by molar-refractivity contribution is 5.92. The normalized spacial score (nSPS) is 21.5. The van der Waals surface area contributed by atoms with Crippen molar-refractivity contribution in [3.05, 3.63) is 41.1 Å². The van der Waals surface area contributed by atoms with Crippen molar-refractivity contribution in [3.63, 3.8) is 0 Å². The maximum Gasteiger partial charge on any atom is 0.411 e. The maximum atomic E-state index is 12.8. The highest BCUT2D eigenvalue weighted by Gasteiger charge is 2.30. The lowest BCUT2D eigenvalue weighted by Gasteiger charge is -2.26. The van der Waals surface area contributed by atoms with Crippen LogP contribution in [0.4, 0.5) is 13.2 Å². The van der Waals surface area contributed by atoms with Crippen molar-refractivity contribution in [2.24, 2.45) is 0 Å². The smallest absolute Gasteiger partial charge is 0.411 e. The molecule has 0 spiro atoms. The number of carbonyl (C=O) groups excluding carboxylic acids is 1. The Balaban J connectivity index is 1.10. The first-order valence-corrected chi connectivity index (χ1v) is 11.9. The zero-order valence-electron chi connectivity index (χ0n) is 19.2. The number of benzene rings is 1. The lowest BCUT2D eigenvalue weighted by Crippen LogP contribution is -2.43. The van der Waals surface area contributed by atoms with Crippen molar-refractivity contribution in [2.45, 2.75) is 69.7 Å². The van der Waals surface area contributed by atoms with Gasteiger partial charge in [0.2, 0.25) is 5.88 Å². The van der Waals surface area contributed by atoms with Gasteiger partial charge in [-0.05, 0) is 48.9 Å². The van der Waals surface area contributed by atoms with E-state index >= 15 is 0 Å². The molecule has 35 heavy (non-hydrogen) atoms. The second kappa shape index (κ2) is 10.1. The molecule has 5 rings (SSSR count). The van der Waals surface area contributed by atoms with E-state index in [4.69, 9.17) is 18.9 Å². The number of rotatable bonds is 9. The molecule has 3 aliphatic rings. The molecule has 2 aliphatic heterocycles. The van der Waals surface area contributed by atoms with Crippen LogP contribution in [0.3, 0.4) is 0 Å². The van der Waals surface area contributed by atoms with E-state index in [0.29, 0.717) is 42.9 Å². The number of hydrogen-bond acceptors (Lipinski definition) is 6. The predicted molar refractivity (Wildman–Crippen MR) is 117 cm³/mol. The van der Waals surface area contributed by atoms with Crippen molar-refractivity contribution in [3.8, 4) is 11.6 Å². The summed E-state index contributed by atoms with van der Waals surface area (Å²) in [6.07, 6.45) is 0.814. The maximum absolute atomic E-state index is 12.8. The second-order valence-electron chi connectivity index (χ2n) is 9.24. The Hall–Kier alpha value is -2.79. The topological polar surface area (TPSA) is 83.8 Å². The van der Waals surface area contributed by atoms with Gasteiger partial charge in [-0.2, -0.15) is 18.3 Å². The summed E-state index contributed by atoms with van der Waals surface area (Å²) in [6.45, 7) is 0.0721. The van der Waals surface area contributed by atoms with Gasteiger partial charge in [0.25, 0.3) is 5.91 Å². The highest BCUT2D eigenvalue weighted by atomic mass is 19.4. The van der Waals surface area contributed by atoms with E-state index in [1.165, 1.54) is 6.42 Å². The average molecular weight is 495 g/mol. The van der Waals surface area contributed by atoms with E-state index in [0.717, 1.165) is 24.8 Å². The van der Waals surface area contributed by atoms with Crippen LogP contribution in [0.5, 0.6) is 11.6 Å². The van der Waals surface area contributed by atoms with E-state index < -0.39 is 12.8 Å². The number of hydrogen-bond donors (Lipinski definition) is 1. The molecular weight excluding hydrogens is 467 g/mol. The van der Waals surface area contributed by atoms with Crippen LogP contribution in [-0.4, -0.2) is 59.9 Å².